The quantitative estimate of drug-likeness (QED) is 0.477. The first-order valence-corrected chi connectivity index (χ1v) is 7.90. The molecule has 0 radical (unpaired) electrons. The molecule has 2 aromatic rings. The molecule has 126 valence electrons. The van der Waals surface area contributed by atoms with Crippen LogP contribution in [-0.4, -0.2) is 29.6 Å². The van der Waals surface area contributed by atoms with Crippen molar-refractivity contribution in [1.29, 1.82) is 0 Å². The lowest BCUT2D eigenvalue weighted by molar-refractivity contribution is -0.384. The standard InChI is InChI=1S/C18H14ClN3O3/c1-2-9-21-16-8-7-12(22(24)25)10-14(16)18(20-11-17(21)23)13-5-3-4-6-15(13)19/h2-8,10H,1,9,11H2. The Morgan fingerprint density at radius 3 is 2.72 bits per heavy atom. The summed E-state index contributed by atoms with van der Waals surface area (Å²) in [6.45, 7) is 3.88. The van der Waals surface area contributed by atoms with Crippen molar-refractivity contribution >= 4 is 34.6 Å². The molecule has 0 aromatic heterocycles. The van der Waals surface area contributed by atoms with Crippen molar-refractivity contribution in [3.05, 3.63) is 81.4 Å². The van der Waals surface area contributed by atoms with Gasteiger partial charge in [0.25, 0.3) is 5.69 Å². The van der Waals surface area contributed by atoms with E-state index >= 15 is 0 Å². The molecule has 0 saturated carbocycles. The Hall–Kier alpha value is -2.99. The number of fused-ring (bicyclic) bond motifs is 1. The fourth-order valence-electron chi connectivity index (χ4n) is 2.73. The molecule has 1 aliphatic rings. The number of hydrogen-bond acceptors (Lipinski definition) is 4. The summed E-state index contributed by atoms with van der Waals surface area (Å²) in [5.41, 5.74) is 2.05. The second-order valence-corrected chi connectivity index (χ2v) is 5.80. The fraction of sp³-hybridized carbons (Fsp3) is 0.111. The first kappa shape index (κ1) is 16.9. The van der Waals surface area contributed by atoms with Crippen molar-refractivity contribution in [3.8, 4) is 0 Å². The molecule has 2 aromatic carbocycles. The zero-order chi connectivity index (χ0) is 18.0. The normalized spacial score (nSPS) is 13.7. The van der Waals surface area contributed by atoms with E-state index in [1.54, 1.807) is 36.4 Å². The lowest BCUT2D eigenvalue weighted by Gasteiger charge is -2.21. The van der Waals surface area contributed by atoms with Gasteiger partial charge in [-0.2, -0.15) is 0 Å². The molecule has 1 heterocycles. The lowest BCUT2D eigenvalue weighted by atomic mass is 9.99. The highest BCUT2D eigenvalue weighted by Crippen LogP contribution is 2.32. The van der Waals surface area contributed by atoms with E-state index in [2.05, 4.69) is 11.6 Å². The van der Waals surface area contributed by atoms with E-state index in [0.717, 1.165) is 0 Å². The minimum absolute atomic E-state index is 0.0725. The summed E-state index contributed by atoms with van der Waals surface area (Å²) in [7, 11) is 0. The number of benzene rings is 2. The number of nitro benzene ring substituents is 1. The van der Waals surface area contributed by atoms with Gasteiger partial charge in [-0.05, 0) is 12.1 Å². The number of carbonyl (C=O) groups excluding carboxylic acids is 1. The van der Waals surface area contributed by atoms with E-state index in [-0.39, 0.29) is 24.7 Å². The summed E-state index contributed by atoms with van der Waals surface area (Å²) in [5.74, 6) is -0.211. The van der Waals surface area contributed by atoms with Crippen molar-refractivity contribution in [2.24, 2.45) is 4.99 Å². The number of amides is 1. The molecule has 0 unspecified atom stereocenters. The SMILES string of the molecule is C=CCN1C(=O)CN=C(c2ccccc2Cl)c2cc([N+](=O)[O-])ccc21. The summed E-state index contributed by atoms with van der Waals surface area (Å²) in [6.07, 6.45) is 1.60. The number of benzodiazepines with no additional fused rings is 1. The van der Waals surface area contributed by atoms with Gasteiger partial charge in [0.05, 0.1) is 16.3 Å². The number of nitrogens with zero attached hydrogens (tertiary/aromatic N) is 3. The van der Waals surface area contributed by atoms with Crippen molar-refractivity contribution < 1.29 is 9.72 Å². The average molecular weight is 356 g/mol. The van der Waals surface area contributed by atoms with Gasteiger partial charge in [0.1, 0.15) is 6.54 Å². The fourth-order valence-corrected chi connectivity index (χ4v) is 2.95. The Balaban J connectivity index is 2.27. The van der Waals surface area contributed by atoms with E-state index in [1.807, 2.05) is 0 Å². The molecular weight excluding hydrogens is 342 g/mol. The molecule has 0 spiro atoms. The summed E-state index contributed by atoms with van der Waals surface area (Å²) in [6, 6.07) is 11.4. The van der Waals surface area contributed by atoms with Crippen LogP contribution < -0.4 is 4.90 Å². The highest BCUT2D eigenvalue weighted by atomic mass is 35.5. The van der Waals surface area contributed by atoms with E-state index in [0.29, 0.717) is 27.5 Å². The molecule has 0 saturated heterocycles. The number of nitro groups is 1. The first-order valence-electron chi connectivity index (χ1n) is 7.52. The van der Waals surface area contributed by atoms with Gasteiger partial charge in [-0.25, -0.2) is 0 Å². The molecule has 7 heteroatoms. The molecule has 1 aliphatic heterocycles. The Bertz CT molecular complexity index is 908. The van der Waals surface area contributed by atoms with E-state index in [4.69, 9.17) is 11.6 Å². The monoisotopic (exact) mass is 355 g/mol. The summed E-state index contributed by atoms with van der Waals surface area (Å²) >= 11 is 6.28. The van der Waals surface area contributed by atoms with Crippen LogP contribution in [0, 0.1) is 10.1 Å². The van der Waals surface area contributed by atoms with E-state index in [9.17, 15) is 14.9 Å². The van der Waals surface area contributed by atoms with Gasteiger partial charge in [0.2, 0.25) is 5.91 Å². The molecule has 6 nitrogen and oxygen atoms in total. The molecule has 0 atom stereocenters. The van der Waals surface area contributed by atoms with Crippen molar-refractivity contribution in [2.45, 2.75) is 0 Å². The Labute approximate surface area is 149 Å². The maximum atomic E-state index is 12.5. The lowest BCUT2D eigenvalue weighted by Crippen LogP contribution is -2.32. The maximum absolute atomic E-state index is 12.5. The molecule has 3 rings (SSSR count). The molecule has 0 fully saturated rings. The zero-order valence-electron chi connectivity index (χ0n) is 13.2. The zero-order valence-corrected chi connectivity index (χ0v) is 13.9. The number of non-ortho nitro benzene ring substituents is 1. The third-order valence-corrected chi connectivity index (χ3v) is 4.18. The molecule has 25 heavy (non-hydrogen) atoms. The third-order valence-electron chi connectivity index (χ3n) is 3.85. The van der Waals surface area contributed by atoms with Gasteiger partial charge in [-0.3, -0.25) is 19.9 Å². The predicted molar refractivity (Wildman–Crippen MR) is 97.6 cm³/mol. The Kier molecular flexibility index (Phi) is 4.63. The van der Waals surface area contributed by atoms with Crippen LogP contribution in [0.1, 0.15) is 11.1 Å². The Morgan fingerprint density at radius 1 is 1.28 bits per heavy atom. The summed E-state index contributed by atoms with van der Waals surface area (Å²) in [5, 5.41) is 11.7. The smallest absolute Gasteiger partial charge is 0.270 e. The second kappa shape index (κ2) is 6.86. The topological polar surface area (TPSA) is 75.8 Å². The minimum Gasteiger partial charge on any atom is -0.306 e. The van der Waals surface area contributed by atoms with Crippen LogP contribution in [0.4, 0.5) is 11.4 Å². The average Bonchev–Trinajstić information content (AvgIpc) is 2.73. The molecule has 0 N–H and O–H groups in total. The first-order chi connectivity index (χ1) is 12.0. The van der Waals surface area contributed by atoms with Gasteiger partial charge in [0.15, 0.2) is 0 Å². The second-order valence-electron chi connectivity index (χ2n) is 5.40. The van der Waals surface area contributed by atoms with Gasteiger partial charge in [0, 0.05) is 34.8 Å². The van der Waals surface area contributed by atoms with Gasteiger partial charge in [-0.1, -0.05) is 35.9 Å². The summed E-state index contributed by atoms with van der Waals surface area (Å²) in [4.78, 5) is 29.1. The molecular formula is C18H14ClN3O3. The number of aliphatic imine (C=N–C) groups is 1. The van der Waals surface area contributed by atoms with Crippen LogP contribution in [-0.2, 0) is 4.79 Å². The highest BCUT2D eigenvalue weighted by Gasteiger charge is 2.27. The van der Waals surface area contributed by atoms with E-state index < -0.39 is 4.92 Å². The maximum Gasteiger partial charge on any atom is 0.270 e. The number of hydrogen-bond donors (Lipinski definition) is 0. The number of carbonyl (C=O) groups is 1. The van der Waals surface area contributed by atoms with Crippen LogP contribution in [0.2, 0.25) is 5.02 Å². The van der Waals surface area contributed by atoms with Crippen molar-refractivity contribution in [2.75, 3.05) is 18.0 Å². The molecule has 1 amide bonds. The van der Waals surface area contributed by atoms with Crippen LogP contribution in [0.15, 0.2) is 60.1 Å². The number of rotatable bonds is 4. The largest absolute Gasteiger partial charge is 0.306 e. The van der Waals surface area contributed by atoms with E-state index in [1.165, 1.54) is 17.0 Å². The van der Waals surface area contributed by atoms with Crippen LogP contribution in [0.3, 0.4) is 0 Å². The Morgan fingerprint density at radius 2 is 2.04 bits per heavy atom. The highest BCUT2D eigenvalue weighted by molar-refractivity contribution is 6.36. The minimum atomic E-state index is -0.477. The van der Waals surface area contributed by atoms with Gasteiger partial charge < -0.3 is 4.90 Å². The van der Waals surface area contributed by atoms with Crippen molar-refractivity contribution in [1.82, 2.24) is 0 Å². The molecule has 0 aliphatic carbocycles. The van der Waals surface area contributed by atoms with Gasteiger partial charge in [-0.15, -0.1) is 6.58 Å². The van der Waals surface area contributed by atoms with Crippen LogP contribution in [0.25, 0.3) is 0 Å². The third kappa shape index (κ3) is 3.16. The molecule has 0 bridgehead atoms. The van der Waals surface area contributed by atoms with Crippen molar-refractivity contribution in [3.63, 3.8) is 0 Å². The number of anilines is 1. The van der Waals surface area contributed by atoms with Crippen LogP contribution >= 0.6 is 11.6 Å². The summed E-state index contributed by atoms with van der Waals surface area (Å²) < 4.78 is 0. The number of halogens is 1. The van der Waals surface area contributed by atoms with Gasteiger partial charge >= 0.3 is 0 Å². The van der Waals surface area contributed by atoms with Crippen LogP contribution in [0.5, 0.6) is 0 Å². The predicted octanol–water partition coefficient (Wildman–Crippen LogP) is 3.62.